The number of hydrogen-bond acceptors (Lipinski definition) is 1. The number of rotatable bonds is 5. The predicted octanol–water partition coefficient (Wildman–Crippen LogP) is 2.49. The Kier molecular flexibility index (Phi) is 7.46. The lowest BCUT2D eigenvalue weighted by Gasteiger charge is -1.81. The number of hydrogen-bond donors (Lipinski definition) is 0. The van der Waals surface area contributed by atoms with Crippen molar-refractivity contribution in [3.8, 4) is 0 Å². The number of allylic oxidation sites excluding steroid dienone is 4. The van der Waals surface area contributed by atoms with Crippen LogP contribution < -0.4 is 0 Å². The molecule has 0 amide bonds. The molecule has 0 atom stereocenters. The Bertz CT molecular complexity index is 123. The molecule has 0 spiro atoms. The monoisotopic (exact) mass is 138 g/mol. The summed E-state index contributed by atoms with van der Waals surface area (Å²) in [5.41, 5.74) is 0. The van der Waals surface area contributed by atoms with E-state index in [-0.39, 0.29) is 0 Å². The van der Waals surface area contributed by atoms with E-state index >= 15 is 0 Å². The summed E-state index contributed by atoms with van der Waals surface area (Å²) in [6, 6.07) is 0. The molecule has 0 aliphatic carbocycles. The summed E-state index contributed by atoms with van der Waals surface area (Å²) in [6.07, 6.45) is 11.6. The molecule has 0 aliphatic heterocycles. The topological polar surface area (TPSA) is 17.1 Å². The smallest absolute Gasteiger partial charge is 0.142 e. The van der Waals surface area contributed by atoms with Gasteiger partial charge in [-0.3, -0.25) is 4.79 Å². The number of unbranched alkanes of at least 4 members (excludes halogenated alkanes) is 1. The number of carbonyl (C=O) groups excluding carboxylic acids is 1. The molecule has 0 N–H and O–H groups in total. The average Bonchev–Trinajstić information content (AvgIpc) is 1.97. The van der Waals surface area contributed by atoms with Gasteiger partial charge in [0, 0.05) is 0 Å². The summed E-state index contributed by atoms with van der Waals surface area (Å²) in [5.74, 6) is 0. The van der Waals surface area contributed by atoms with Crippen LogP contribution in [0.5, 0.6) is 0 Å². The molecule has 0 saturated carbocycles. The standard InChI is InChI=1S/C9H14O/c1-2-3-4-5-6-7-8-9-10/h4-5,7-9H,2-3,6H2,1H3. The molecule has 0 fully saturated rings. The minimum atomic E-state index is 0.799. The van der Waals surface area contributed by atoms with Gasteiger partial charge in [0.2, 0.25) is 0 Å². The van der Waals surface area contributed by atoms with Crippen molar-refractivity contribution in [1.82, 2.24) is 0 Å². The molecule has 0 heterocycles. The molecule has 1 nitrogen and oxygen atoms in total. The third kappa shape index (κ3) is 7.15. The quantitative estimate of drug-likeness (QED) is 0.324. The van der Waals surface area contributed by atoms with Crippen LogP contribution in [0.4, 0.5) is 0 Å². The molecule has 0 aliphatic rings. The summed E-state index contributed by atoms with van der Waals surface area (Å²) < 4.78 is 0. The Morgan fingerprint density at radius 2 is 2.00 bits per heavy atom. The van der Waals surface area contributed by atoms with E-state index in [0.29, 0.717) is 0 Å². The fourth-order valence-corrected chi connectivity index (χ4v) is 0.593. The van der Waals surface area contributed by atoms with Crippen LogP contribution in [0.1, 0.15) is 26.2 Å². The lowest BCUT2D eigenvalue weighted by atomic mass is 10.3. The summed E-state index contributed by atoms with van der Waals surface area (Å²) in [4.78, 5) is 9.78. The summed E-state index contributed by atoms with van der Waals surface area (Å²) in [7, 11) is 0. The molecule has 0 saturated heterocycles. The Balaban J connectivity index is 3.17. The van der Waals surface area contributed by atoms with Crippen molar-refractivity contribution in [2.45, 2.75) is 26.2 Å². The van der Waals surface area contributed by atoms with Crippen molar-refractivity contribution in [2.24, 2.45) is 0 Å². The molecule has 1 heteroatoms. The summed E-state index contributed by atoms with van der Waals surface area (Å²) >= 11 is 0. The van der Waals surface area contributed by atoms with E-state index in [1.54, 1.807) is 0 Å². The van der Waals surface area contributed by atoms with Crippen LogP contribution in [0, 0.1) is 0 Å². The highest BCUT2D eigenvalue weighted by atomic mass is 16.1. The molecule has 10 heavy (non-hydrogen) atoms. The number of aldehydes is 1. The van der Waals surface area contributed by atoms with E-state index in [1.165, 1.54) is 12.5 Å². The van der Waals surface area contributed by atoms with E-state index in [1.807, 2.05) is 6.08 Å². The van der Waals surface area contributed by atoms with Gasteiger partial charge in [0.05, 0.1) is 0 Å². The first-order valence-corrected chi connectivity index (χ1v) is 3.67. The van der Waals surface area contributed by atoms with Crippen LogP contribution in [-0.2, 0) is 4.79 Å². The van der Waals surface area contributed by atoms with E-state index in [0.717, 1.165) is 19.1 Å². The second-order valence-electron chi connectivity index (χ2n) is 2.06. The van der Waals surface area contributed by atoms with Gasteiger partial charge in [0.15, 0.2) is 0 Å². The third-order valence-electron chi connectivity index (χ3n) is 1.11. The van der Waals surface area contributed by atoms with Crippen molar-refractivity contribution < 1.29 is 4.79 Å². The van der Waals surface area contributed by atoms with Gasteiger partial charge in [0.25, 0.3) is 0 Å². The second-order valence-corrected chi connectivity index (χ2v) is 2.06. The van der Waals surface area contributed by atoms with Gasteiger partial charge in [-0.1, -0.05) is 31.6 Å². The normalized spacial score (nSPS) is 11.3. The average molecular weight is 138 g/mol. The van der Waals surface area contributed by atoms with Gasteiger partial charge in [0.1, 0.15) is 6.29 Å². The van der Waals surface area contributed by atoms with Gasteiger partial charge < -0.3 is 0 Å². The fourth-order valence-electron chi connectivity index (χ4n) is 0.593. The molecule has 0 bridgehead atoms. The first-order chi connectivity index (χ1) is 4.91. The van der Waals surface area contributed by atoms with E-state index in [9.17, 15) is 4.79 Å². The maximum Gasteiger partial charge on any atom is 0.142 e. The molecule has 56 valence electrons. The lowest BCUT2D eigenvalue weighted by Crippen LogP contribution is -1.63. The van der Waals surface area contributed by atoms with Gasteiger partial charge in [-0.25, -0.2) is 0 Å². The minimum absolute atomic E-state index is 0.799. The molecule has 0 aromatic rings. The second kappa shape index (κ2) is 8.15. The maximum atomic E-state index is 9.78. The fraction of sp³-hybridized carbons (Fsp3) is 0.444. The molecule has 0 unspecified atom stereocenters. The molecular weight excluding hydrogens is 124 g/mol. The molecule has 0 rings (SSSR count). The Morgan fingerprint density at radius 1 is 1.20 bits per heavy atom. The van der Waals surface area contributed by atoms with Crippen LogP contribution in [0.2, 0.25) is 0 Å². The Labute approximate surface area is 62.4 Å². The van der Waals surface area contributed by atoms with Crippen molar-refractivity contribution in [2.75, 3.05) is 0 Å². The van der Waals surface area contributed by atoms with Crippen LogP contribution in [0.15, 0.2) is 24.3 Å². The molecule has 0 aromatic heterocycles. The van der Waals surface area contributed by atoms with Gasteiger partial charge in [-0.15, -0.1) is 0 Å². The van der Waals surface area contributed by atoms with Crippen LogP contribution >= 0.6 is 0 Å². The molecule has 0 radical (unpaired) electrons. The first-order valence-electron chi connectivity index (χ1n) is 3.67. The van der Waals surface area contributed by atoms with Gasteiger partial charge >= 0.3 is 0 Å². The summed E-state index contributed by atoms with van der Waals surface area (Å²) in [5, 5.41) is 0. The zero-order valence-electron chi connectivity index (χ0n) is 6.42. The van der Waals surface area contributed by atoms with Gasteiger partial charge in [-0.2, -0.15) is 0 Å². The van der Waals surface area contributed by atoms with Crippen molar-refractivity contribution in [3.63, 3.8) is 0 Å². The van der Waals surface area contributed by atoms with E-state index in [2.05, 4.69) is 19.1 Å². The Morgan fingerprint density at radius 3 is 2.60 bits per heavy atom. The predicted molar refractivity (Wildman–Crippen MR) is 43.9 cm³/mol. The molecular formula is C9H14O. The highest BCUT2D eigenvalue weighted by Gasteiger charge is 1.71. The number of carbonyl (C=O) groups is 1. The molecule has 0 aromatic carbocycles. The van der Waals surface area contributed by atoms with Crippen molar-refractivity contribution >= 4 is 6.29 Å². The SMILES string of the molecule is CCCC=CCC=CC=O. The zero-order valence-corrected chi connectivity index (χ0v) is 6.42. The largest absolute Gasteiger partial charge is 0.299 e. The summed E-state index contributed by atoms with van der Waals surface area (Å²) in [6.45, 7) is 2.14. The lowest BCUT2D eigenvalue weighted by molar-refractivity contribution is -0.104. The van der Waals surface area contributed by atoms with Crippen LogP contribution in [0.25, 0.3) is 0 Å². The minimum Gasteiger partial charge on any atom is -0.299 e. The highest BCUT2D eigenvalue weighted by molar-refractivity contribution is 5.64. The Hall–Kier alpha value is -0.850. The maximum absolute atomic E-state index is 9.78. The van der Waals surface area contributed by atoms with Gasteiger partial charge in [-0.05, 0) is 18.9 Å². The van der Waals surface area contributed by atoms with Crippen molar-refractivity contribution in [1.29, 1.82) is 0 Å². The highest BCUT2D eigenvalue weighted by Crippen LogP contribution is 1.91. The van der Waals surface area contributed by atoms with E-state index in [4.69, 9.17) is 0 Å². The van der Waals surface area contributed by atoms with Crippen LogP contribution in [0.3, 0.4) is 0 Å². The van der Waals surface area contributed by atoms with Crippen molar-refractivity contribution in [3.05, 3.63) is 24.3 Å². The van der Waals surface area contributed by atoms with E-state index < -0.39 is 0 Å². The van der Waals surface area contributed by atoms with Crippen LogP contribution in [-0.4, -0.2) is 6.29 Å². The third-order valence-corrected chi connectivity index (χ3v) is 1.11. The zero-order chi connectivity index (χ0) is 7.66. The first kappa shape index (κ1) is 9.15.